The van der Waals surface area contributed by atoms with Gasteiger partial charge in [-0.2, -0.15) is 0 Å². The van der Waals surface area contributed by atoms with E-state index in [1.807, 2.05) is 0 Å². The number of aliphatic hydroxyl groups excluding tert-OH is 1. The SMILES string of the molecule is CCC(C)(C)C1CCC(CN)C(N2CCC(C)C2CO)C1. The zero-order valence-electron chi connectivity index (χ0n) is 14.5. The van der Waals surface area contributed by atoms with Crippen molar-refractivity contribution in [1.82, 2.24) is 4.90 Å². The minimum absolute atomic E-state index is 0.302. The van der Waals surface area contributed by atoms with E-state index in [1.165, 1.54) is 32.1 Å². The molecule has 1 aliphatic carbocycles. The van der Waals surface area contributed by atoms with Crippen LogP contribution in [0.3, 0.4) is 0 Å². The first-order valence-corrected chi connectivity index (χ1v) is 9.01. The molecule has 1 aliphatic heterocycles. The van der Waals surface area contributed by atoms with Crippen molar-refractivity contribution >= 4 is 0 Å². The normalized spacial score (nSPS) is 38.9. The van der Waals surface area contributed by atoms with Crippen LogP contribution in [0.5, 0.6) is 0 Å². The van der Waals surface area contributed by atoms with E-state index in [4.69, 9.17) is 5.73 Å². The Morgan fingerprint density at radius 2 is 1.95 bits per heavy atom. The second-order valence-corrected chi connectivity index (χ2v) is 8.17. The Bertz CT molecular complexity index is 331. The summed E-state index contributed by atoms with van der Waals surface area (Å²) in [6.45, 7) is 11.7. The molecular weight excluding hydrogens is 260 g/mol. The summed E-state index contributed by atoms with van der Waals surface area (Å²) in [4.78, 5) is 2.61. The predicted molar refractivity (Wildman–Crippen MR) is 89.1 cm³/mol. The highest BCUT2D eigenvalue weighted by Gasteiger charge is 2.43. The number of rotatable bonds is 5. The van der Waals surface area contributed by atoms with Gasteiger partial charge in [-0.05, 0) is 61.9 Å². The third-order valence-corrected chi connectivity index (χ3v) is 6.81. The lowest BCUT2D eigenvalue weighted by Gasteiger charge is -2.47. The van der Waals surface area contributed by atoms with Gasteiger partial charge in [0.2, 0.25) is 0 Å². The van der Waals surface area contributed by atoms with E-state index in [0.717, 1.165) is 19.0 Å². The third-order valence-electron chi connectivity index (χ3n) is 6.81. The first kappa shape index (κ1) is 17.2. The molecule has 3 heteroatoms. The fourth-order valence-electron chi connectivity index (χ4n) is 4.62. The molecule has 124 valence electrons. The van der Waals surface area contributed by atoms with E-state index in [0.29, 0.717) is 35.9 Å². The van der Waals surface area contributed by atoms with E-state index in [9.17, 15) is 5.11 Å². The molecule has 0 aromatic heterocycles. The lowest BCUT2D eigenvalue weighted by molar-refractivity contribution is 0.0129. The summed E-state index contributed by atoms with van der Waals surface area (Å²) in [6, 6.07) is 0.939. The number of nitrogens with zero attached hydrogens (tertiary/aromatic N) is 1. The van der Waals surface area contributed by atoms with E-state index in [1.54, 1.807) is 0 Å². The number of nitrogens with two attached hydrogens (primary N) is 1. The number of likely N-dealkylation sites (tertiary alicyclic amines) is 1. The topological polar surface area (TPSA) is 49.5 Å². The summed E-state index contributed by atoms with van der Waals surface area (Å²) in [7, 11) is 0. The third kappa shape index (κ3) is 3.46. The summed E-state index contributed by atoms with van der Waals surface area (Å²) in [5.41, 5.74) is 6.51. The molecule has 2 fully saturated rings. The van der Waals surface area contributed by atoms with Crippen LogP contribution in [0.15, 0.2) is 0 Å². The van der Waals surface area contributed by atoms with Crippen LogP contribution in [0.4, 0.5) is 0 Å². The number of hydrogen-bond donors (Lipinski definition) is 2. The fraction of sp³-hybridized carbons (Fsp3) is 1.00. The molecule has 0 aromatic carbocycles. The number of hydrogen-bond acceptors (Lipinski definition) is 3. The van der Waals surface area contributed by atoms with Gasteiger partial charge in [-0.3, -0.25) is 4.90 Å². The lowest BCUT2D eigenvalue weighted by atomic mass is 9.65. The molecule has 0 amide bonds. The van der Waals surface area contributed by atoms with Crippen molar-refractivity contribution in [2.24, 2.45) is 28.9 Å². The molecule has 0 bridgehead atoms. The maximum atomic E-state index is 9.80. The van der Waals surface area contributed by atoms with E-state index in [-0.39, 0.29) is 0 Å². The average molecular weight is 296 g/mol. The molecule has 0 spiro atoms. The summed E-state index contributed by atoms with van der Waals surface area (Å²) in [6.07, 6.45) is 6.33. The van der Waals surface area contributed by atoms with Crippen molar-refractivity contribution in [2.75, 3.05) is 19.7 Å². The van der Waals surface area contributed by atoms with Crippen LogP contribution in [-0.2, 0) is 0 Å². The Kier molecular flexibility index (Phi) is 5.72. The van der Waals surface area contributed by atoms with Gasteiger partial charge >= 0.3 is 0 Å². The van der Waals surface area contributed by atoms with Gasteiger partial charge in [-0.1, -0.05) is 34.1 Å². The van der Waals surface area contributed by atoms with Crippen LogP contribution >= 0.6 is 0 Å². The van der Waals surface area contributed by atoms with Crippen LogP contribution in [0.2, 0.25) is 0 Å². The van der Waals surface area contributed by atoms with Crippen molar-refractivity contribution in [3.63, 3.8) is 0 Å². The van der Waals surface area contributed by atoms with E-state index in [2.05, 4.69) is 32.6 Å². The monoisotopic (exact) mass is 296 g/mol. The van der Waals surface area contributed by atoms with Crippen molar-refractivity contribution < 1.29 is 5.11 Å². The largest absolute Gasteiger partial charge is 0.395 e. The summed E-state index contributed by atoms with van der Waals surface area (Å²) in [5.74, 6) is 2.03. The van der Waals surface area contributed by atoms with Crippen LogP contribution in [0.25, 0.3) is 0 Å². The minimum atomic E-state index is 0.302. The van der Waals surface area contributed by atoms with Gasteiger partial charge in [0, 0.05) is 12.1 Å². The minimum Gasteiger partial charge on any atom is -0.395 e. The van der Waals surface area contributed by atoms with Gasteiger partial charge in [0.25, 0.3) is 0 Å². The molecule has 0 radical (unpaired) electrons. The molecule has 1 heterocycles. The molecule has 1 saturated carbocycles. The molecule has 3 nitrogen and oxygen atoms in total. The Labute approximate surface area is 131 Å². The van der Waals surface area contributed by atoms with E-state index < -0.39 is 0 Å². The highest BCUT2D eigenvalue weighted by atomic mass is 16.3. The van der Waals surface area contributed by atoms with Crippen molar-refractivity contribution in [2.45, 2.75) is 71.9 Å². The van der Waals surface area contributed by atoms with Crippen molar-refractivity contribution in [1.29, 1.82) is 0 Å². The summed E-state index contributed by atoms with van der Waals surface area (Å²) >= 11 is 0. The Morgan fingerprint density at radius 1 is 1.24 bits per heavy atom. The maximum Gasteiger partial charge on any atom is 0.0589 e. The Balaban J connectivity index is 2.13. The maximum absolute atomic E-state index is 9.80. The zero-order valence-corrected chi connectivity index (χ0v) is 14.5. The molecule has 5 atom stereocenters. The highest BCUT2D eigenvalue weighted by molar-refractivity contribution is 4.97. The molecular formula is C18H36N2O. The van der Waals surface area contributed by atoms with Crippen LogP contribution in [0.1, 0.15) is 59.8 Å². The molecule has 2 rings (SSSR count). The highest BCUT2D eigenvalue weighted by Crippen LogP contribution is 2.45. The summed E-state index contributed by atoms with van der Waals surface area (Å²) in [5, 5.41) is 9.80. The zero-order chi connectivity index (χ0) is 15.6. The van der Waals surface area contributed by atoms with Gasteiger partial charge in [0.15, 0.2) is 0 Å². The molecule has 2 aliphatic rings. The predicted octanol–water partition coefficient (Wildman–Crippen LogP) is 2.87. The van der Waals surface area contributed by atoms with Crippen LogP contribution in [0, 0.1) is 23.2 Å². The van der Waals surface area contributed by atoms with Crippen LogP contribution < -0.4 is 5.73 Å². The molecule has 5 unspecified atom stereocenters. The Morgan fingerprint density at radius 3 is 2.52 bits per heavy atom. The average Bonchev–Trinajstić information content (AvgIpc) is 2.87. The quantitative estimate of drug-likeness (QED) is 0.820. The first-order valence-electron chi connectivity index (χ1n) is 9.01. The first-order chi connectivity index (χ1) is 9.94. The second kappa shape index (κ2) is 6.97. The summed E-state index contributed by atoms with van der Waals surface area (Å²) < 4.78 is 0. The molecule has 0 aromatic rings. The van der Waals surface area contributed by atoms with Gasteiger partial charge in [0.05, 0.1) is 6.61 Å². The van der Waals surface area contributed by atoms with E-state index >= 15 is 0 Å². The molecule has 1 saturated heterocycles. The van der Waals surface area contributed by atoms with Gasteiger partial charge in [-0.15, -0.1) is 0 Å². The lowest BCUT2D eigenvalue weighted by Crippen LogP contribution is -2.52. The van der Waals surface area contributed by atoms with Crippen molar-refractivity contribution in [3.8, 4) is 0 Å². The van der Waals surface area contributed by atoms with Crippen molar-refractivity contribution in [3.05, 3.63) is 0 Å². The van der Waals surface area contributed by atoms with Gasteiger partial charge < -0.3 is 10.8 Å². The second-order valence-electron chi connectivity index (χ2n) is 8.17. The fourth-order valence-corrected chi connectivity index (χ4v) is 4.62. The molecule has 3 N–H and O–H groups in total. The smallest absolute Gasteiger partial charge is 0.0589 e. The standard InChI is InChI=1S/C18H36N2O/c1-5-18(3,4)15-7-6-14(11-19)16(10-15)20-9-8-13(2)17(20)12-21/h13-17,21H,5-12,19H2,1-4H3. The van der Waals surface area contributed by atoms with Crippen LogP contribution in [-0.4, -0.2) is 41.8 Å². The molecule has 21 heavy (non-hydrogen) atoms. The van der Waals surface area contributed by atoms with Gasteiger partial charge in [0.1, 0.15) is 0 Å². The Hall–Kier alpha value is -0.120. The number of aliphatic hydroxyl groups is 1. The van der Waals surface area contributed by atoms with Gasteiger partial charge in [-0.25, -0.2) is 0 Å².